The van der Waals surface area contributed by atoms with Crippen molar-refractivity contribution in [2.24, 2.45) is 0 Å². The number of H-pyrrole nitrogens is 1. The molecule has 1 aromatic heterocycles. The zero-order valence-corrected chi connectivity index (χ0v) is 10.4. The molecule has 0 aliphatic heterocycles. The molecule has 0 aliphatic carbocycles. The van der Waals surface area contributed by atoms with Crippen molar-refractivity contribution in [3.8, 4) is 5.75 Å². The first-order valence-electron chi connectivity index (χ1n) is 5.61. The van der Waals surface area contributed by atoms with Gasteiger partial charge in [0.15, 0.2) is 5.95 Å². The van der Waals surface area contributed by atoms with Gasteiger partial charge in [-0.2, -0.15) is 4.39 Å². The highest BCUT2D eigenvalue weighted by molar-refractivity contribution is 5.89. The van der Waals surface area contributed by atoms with Gasteiger partial charge in [0.2, 0.25) is 0 Å². The first kappa shape index (κ1) is 11.9. The number of aromatic nitrogens is 1. The van der Waals surface area contributed by atoms with E-state index in [9.17, 15) is 4.39 Å². The Bertz CT molecular complexity index is 519. The van der Waals surface area contributed by atoms with Crippen LogP contribution in [0.25, 0.3) is 10.9 Å². The van der Waals surface area contributed by atoms with Gasteiger partial charge in [0.1, 0.15) is 5.75 Å². The number of likely N-dealkylation sites (N-methyl/N-ethyl adjacent to an activating group) is 1. The highest BCUT2D eigenvalue weighted by Crippen LogP contribution is 2.30. The minimum absolute atomic E-state index is 0.258. The van der Waals surface area contributed by atoms with Crippen LogP contribution in [0.1, 0.15) is 5.56 Å². The maximum Gasteiger partial charge on any atom is 0.195 e. The number of benzene rings is 1. The van der Waals surface area contributed by atoms with Gasteiger partial charge in [-0.05, 0) is 32.6 Å². The summed E-state index contributed by atoms with van der Waals surface area (Å²) in [4.78, 5) is 4.80. The number of aromatic amines is 1. The van der Waals surface area contributed by atoms with Gasteiger partial charge in [0, 0.05) is 17.5 Å². The number of nitrogens with one attached hydrogen (secondary N) is 1. The number of fused-ring (bicyclic) bond motifs is 1. The van der Waals surface area contributed by atoms with E-state index in [-0.39, 0.29) is 5.95 Å². The number of halogens is 1. The molecule has 1 aromatic carbocycles. The lowest BCUT2D eigenvalue weighted by Gasteiger charge is -2.09. The molecule has 0 aliphatic rings. The van der Waals surface area contributed by atoms with Crippen LogP contribution in [0.2, 0.25) is 0 Å². The summed E-state index contributed by atoms with van der Waals surface area (Å²) in [6, 6.07) is 5.57. The second-order valence-corrected chi connectivity index (χ2v) is 4.35. The maximum atomic E-state index is 13.8. The molecule has 0 fully saturated rings. The van der Waals surface area contributed by atoms with Crippen LogP contribution >= 0.6 is 0 Å². The summed E-state index contributed by atoms with van der Waals surface area (Å²) < 4.78 is 19.1. The predicted octanol–water partition coefficient (Wildman–Crippen LogP) is 2.42. The molecule has 0 radical (unpaired) electrons. The van der Waals surface area contributed by atoms with Gasteiger partial charge in [-0.15, -0.1) is 0 Å². The highest BCUT2D eigenvalue weighted by Gasteiger charge is 2.14. The molecule has 3 nitrogen and oxygen atoms in total. The molecule has 0 unspecified atom stereocenters. The van der Waals surface area contributed by atoms with E-state index in [1.54, 1.807) is 7.11 Å². The van der Waals surface area contributed by atoms with Gasteiger partial charge in [-0.3, -0.25) is 0 Å². The first-order chi connectivity index (χ1) is 8.13. The third-order valence-electron chi connectivity index (χ3n) is 2.87. The summed E-state index contributed by atoms with van der Waals surface area (Å²) in [7, 11) is 5.56. The Kier molecular flexibility index (Phi) is 3.33. The van der Waals surface area contributed by atoms with Crippen LogP contribution in [0.15, 0.2) is 18.2 Å². The fourth-order valence-corrected chi connectivity index (χ4v) is 1.99. The molecule has 0 bridgehead atoms. The molecule has 0 amide bonds. The quantitative estimate of drug-likeness (QED) is 0.883. The standard InChI is InChI=1S/C13H17FN2O/c1-16(2)8-7-9-12-10(15-13(9)14)5-4-6-11(12)17-3/h4-6,15H,7-8H2,1-3H3. The fourth-order valence-electron chi connectivity index (χ4n) is 1.99. The van der Waals surface area contributed by atoms with Crippen molar-refractivity contribution in [2.45, 2.75) is 6.42 Å². The number of nitrogens with zero attached hydrogens (tertiary/aromatic N) is 1. The highest BCUT2D eigenvalue weighted by atomic mass is 19.1. The number of rotatable bonds is 4. The molecule has 4 heteroatoms. The number of methoxy groups -OCH3 is 1. The number of hydrogen-bond donors (Lipinski definition) is 1. The van der Waals surface area contributed by atoms with Crippen LogP contribution in [0, 0.1) is 5.95 Å². The second kappa shape index (κ2) is 4.75. The van der Waals surface area contributed by atoms with Crippen LogP contribution in [0.4, 0.5) is 4.39 Å². The SMILES string of the molecule is COc1cccc2[nH]c(F)c(CCN(C)C)c12. The minimum Gasteiger partial charge on any atom is -0.496 e. The summed E-state index contributed by atoms with van der Waals surface area (Å²) >= 11 is 0. The first-order valence-corrected chi connectivity index (χ1v) is 5.61. The van der Waals surface area contributed by atoms with Crippen molar-refractivity contribution in [1.82, 2.24) is 9.88 Å². The third kappa shape index (κ3) is 2.26. The van der Waals surface area contributed by atoms with Gasteiger partial charge >= 0.3 is 0 Å². The third-order valence-corrected chi connectivity index (χ3v) is 2.87. The van der Waals surface area contributed by atoms with Crippen molar-refractivity contribution in [3.05, 3.63) is 29.7 Å². The van der Waals surface area contributed by atoms with Gasteiger partial charge in [0.25, 0.3) is 0 Å². The van der Waals surface area contributed by atoms with E-state index in [4.69, 9.17) is 4.74 Å². The zero-order valence-electron chi connectivity index (χ0n) is 10.4. The Hall–Kier alpha value is -1.55. The Morgan fingerprint density at radius 3 is 2.76 bits per heavy atom. The molecule has 2 rings (SSSR count). The van der Waals surface area contributed by atoms with E-state index in [0.29, 0.717) is 12.0 Å². The van der Waals surface area contributed by atoms with E-state index < -0.39 is 0 Å². The molecule has 1 heterocycles. The smallest absolute Gasteiger partial charge is 0.195 e. The molecular formula is C13H17FN2O. The summed E-state index contributed by atoms with van der Waals surface area (Å²) in [5.41, 5.74) is 1.49. The average Bonchev–Trinajstić information content (AvgIpc) is 2.61. The lowest BCUT2D eigenvalue weighted by atomic mass is 10.1. The van der Waals surface area contributed by atoms with Gasteiger partial charge < -0.3 is 14.6 Å². The van der Waals surface area contributed by atoms with Crippen molar-refractivity contribution in [2.75, 3.05) is 27.7 Å². The molecule has 0 spiro atoms. The van der Waals surface area contributed by atoms with E-state index in [0.717, 1.165) is 23.2 Å². The van der Waals surface area contributed by atoms with Crippen LogP contribution in [0.5, 0.6) is 5.75 Å². The molecule has 0 saturated heterocycles. The molecular weight excluding hydrogens is 219 g/mol. The van der Waals surface area contributed by atoms with Crippen LogP contribution in [-0.4, -0.2) is 37.6 Å². The normalized spacial score (nSPS) is 11.4. The van der Waals surface area contributed by atoms with Gasteiger partial charge in [-0.1, -0.05) is 6.07 Å². The molecule has 0 saturated carbocycles. The van der Waals surface area contributed by atoms with Crippen molar-refractivity contribution < 1.29 is 9.13 Å². The molecule has 1 N–H and O–H groups in total. The van der Waals surface area contributed by atoms with Crippen LogP contribution in [0.3, 0.4) is 0 Å². The monoisotopic (exact) mass is 236 g/mol. The zero-order chi connectivity index (χ0) is 12.4. The Balaban J connectivity index is 2.48. The number of ether oxygens (including phenoxy) is 1. The summed E-state index contributed by atoms with van der Waals surface area (Å²) in [6.07, 6.45) is 0.666. The van der Waals surface area contributed by atoms with E-state index >= 15 is 0 Å². The van der Waals surface area contributed by atoms with Gasteiger partial charge in [-0.25, -0.2) is 0 Å². The largest absolute Gasteiger partial charge is 0.496 e. The van der Waals surface area contributed by atoms with E-state index in [1.165, 1.54) is 0 Å². The van der Waals surface area contributed by atoms with Crippen LogP contribution in [-0.2, 0) is 6.42 Å². The Morgan fingerprint density at radius 2 is 2.12 bits per heavy atom. The predicted molar refractivity (Wildman–Crippen MR) is 67.1 cm³/mol. The lowest BCUT2D eigenvalue weighted by molar-refractivity contribution is 0.408. The topological polar surface area (TPSA) is 28.3 Å². The molecule has 2 aromatic rings. The van der Waals surface area contributed by atoms with Gasteiger partial charge in [0.05, 0.1) is 12.6 Å². The van der Waals surface area contributed by atoms with Crippen LogP contribution < -0.4 is 4.74 Å². The molecule has 17 heavy (non-hydrogen) atoms. The minimum atomic E-state index is -0.258. The fraction of sp³-hybridized carbons (Fsp3) is 0.385. The Labute approximate surface area is 100 Å². The van der Waals surface area contributed by atoms with Crippen molar-refractivity contribution in [1.29, 1.82) is 0 Å². The summed E-state index contributed by atoms with van der Waals surface area (Å²) in [5, 5.41) is 0.856. The maximum absolute atomic E-state index is 13.8. The summed E-state index contributed by atoms with van der Waals surface area (Å²) in [5.74, 6) is 0.461. The second-order valence-electron chi connectivity index (χ2n) is 4.35. The molecule has 0 atom stereocenters. The number of hydrogen-bond acceptors (Lipinski definition) is 2. The Morgan fingerprint density at radius 1 is 1.35 bits per heavy atom. The van der Waals surface area contributed by atoms with Crippen molar-refractivity contribution >= 4 is 10.9 Å². The average molecular weight is 236 g/mol. The van der Waals surface area contributed by atoms with Crippen molar-refractivity contribution in [3.63, 3.8) is 0 Å². The van der Waals surface area contributed by atoms with E-state index in [2.05, 4.69) is 4.98 Å². The summed E-state index contributed by atoms with van der Waals surface area (Å²) in [6.45, 7) is 0.807. The van der Waals surface area contributed by atoms with E-state index in [1.807, 2.05) is 37.2 Å². The lowest BCUT2D eigenvalue weighted by Crippen LogP contribution is -2.15. The molecule has 92 valence electrons.